The monoisotopic (exact) mass is 380 g/mol. The molecule has 0 amide bonds. The van der Waals surface area contributed by atoms with E-state index in [0.29, 0.717) is 42.3 Å². The molecule has 1 heterocycles. The first-order valence-electron chi connectivity index (χ1n) is 9.21. The summed E-state index contributed by atoms with van der Waals surface area (Å²) in [6.07, 6.45) is 0.354. The summed E-state index contributed by atoms with van der Waals surface area (Å²) in [4.78, 5) is 0. The SMILES string of the molecule is CCOCCC(=C(F)B1OC(C)(C)C(C)(C)O1)c1cccc(OC)c1OC. The molecule has 1 aromatic carbocycles. The summed E-state index contributed by atoms with van der Waals surface area (Å²) in [7, 11) is 2.01. The molecule has 27 heavy (non-hydrogen) atoms. The van der Waals surface area contributed by atoms with Gasteiger partial charge in [-0.2, -0.15) is 0 Å². The molecule has 0 saturated carbocycles. The Morgan fingerprint density at radius 2 is 1.70 bits per heavy atom. The number of ether oxygens (including phenoxy) is 3. The van der Waals surface area contributed by atoms with Crippen LogP contribution in [0.3, 0.4) is 0 Å². The molecule has 150 valence electrons. The van der Waals surface area contributed by atoms with E-state index in [0.717, 1.165) is 0 Å². The fourth-order valence-corrected chi connectivity index (χ4v) is 2.91. The third-order valence-electron chi connectivity index (χ3n) is 5.18. The molecule has 5 nitrogen and oxygen atoms in total. The highest BCUT2D eigenvalue weighted by Crippen LogP contribution is 2.43. The Kier molecular flexibility index (Phi) is 6.95. The minimum Gasteiger partial charge on any atom is -0.493 e. The fraction of sp³-hybridized carbons (Fsp3) is 0.600. The summed E-state index contributed by atoms with van der Waals surface area (Å²) in [6, 6.07) is 5.37. The van der Waals surface area contributed by atoms with Crippen LogP contribution in [0.25, 0.3) is 5.57 Å². The number of benzene rings is 1. The Bertz CT molecular complexity index is 671. The average molecular weight is 380 g/mol. The number of methoxy groups -OCH3 is 2. The Morgan fingerprint density at radius 1 is 1.07 bits per heavy atom. The molecule has 0 aliphatic carbocycles. The summed E-state index contributed by atoms with van der Waals surface area (Å²) >= 11 is 0. The van der Waals surface area contributed by atoms with E-state index >= 15 is 4.39 Å². The highest BCUT2D eigenvalue weighted by Gasteiger charge is 2.53. The van der Waals surface area contributed by atoms with E-state index in [4.69, 9.17) is 23.5 Å². The van der Waals surface area contributed by atoms with Crippen molar-refractivity contribution in [3.05, 3.63) is 29.5 Å². The predicted octanol–water partition coefficient (Wildman–Crippen LogP) is 4.44. The van der Waals surface area contributed by atoms with E-state index in [1.807, 2.05) is 34.6 Å². The van der Waals surface area contributed by atoms with Gasteiger partial charge in [-0.15, -0.1) is 0 Å². The van der Waals surface area contributed by atoms with Crippen LogP contribution in [0.5, 0.6) is 11.5 Å². The van der Waals surface area contributed by atoms with E-state index in [-0.39, 0.29) is 0 Å². The number of hydrogen-bond acceptors (Lipinski definition) is 5. The van der Waals surface area contributed by atoms with E-state index < -0.39 is 24.0 Å². The molecule has 1 aromatic rings. The van der Waals surface area contributed by atoms with Gasteiger partial charge in [0, 0.05) is 12.2 Å². The molecule has 0 bridgehead atoms. The van der Waals surface area contributed by atoms with Crippen LogP contribution in [-0.2, 0) is 14.0 Å². The first kappa shape index (κ1) is 21.7. The van der Waals surface area contributed by atoms with Gasteiger partial charge in [0.25, 0.3) is 0 Å². The molecule has 1 fully saturated rings. The molecule has 1 saturated heterocycles. The Hall–Kier alpha value is -1.57. The number of para-hydroxylation sites is 1. The molecule has 1 aliphatic rings. The molecular formula is C20H30BFO5. The zero-order valence-corrected chi connectivity index (χ0v) is 17.3. The van der Waals surface area contributed by atoms with Crippen molar-refractivity contribution in [2.45, 2.75) is 52.2 Å². The molecule has 1 aliphatic heterocycles. The van der Waals surface area contributed by atoms with Crippen LogP contribution in [-0.4, -0.2) is 45.8 Å². The Morgan fingerprint density at radius 3 is 2.22 bits per heavy atom. The van der Waals surface area contributed by atoms with Crippen LogP contribution >= 0.6 is 0 Å². The van der Waals surface area contributed by atoms with Crippen molar-refractivity contribution in [2.75, 3.05) is 27.4 Å². The summed E-state index contributed by atoms with van der Waals surface area (Å²) in [5.41, 5.74) is -0.696. The number of hydrogen-bond donors (Lipinski definition) is 0. The third-order valence-corrected chi connectivity index (χ3v) is 5.18. The quantitative estimate of drug-likeness (QED) is 0.493. The second kappa shape index (κ2) is 8.63. The standard InChI is InChI=1S/C20H30BFO5/c1-8-25-13-12-15(14-10-9-11-16(23-6)17(14)24-7)18(22)21-26-19(2,3)20(4,5)27-21/h9-11H,8,12-13H2,1-7H3. The lowest BCUT2D eigenvalue weighted by Gasteiger charge is -2.32. The molecule has 0 N–H and O–H groups in total. The van der Waals surface area contributed by atoms with Gasteiger partial charge in [0.2, 0.25) is 0 Å². The molecule has 0 atom stereocenters. The van der Waals surface area contributed by atoms with Crippen LogP contribution in [0.2, 0.25) is 0 Å². The lowest BCUT2D eigenvalue weighted by atomic mass is 9.81. The van der Waals surface area contributed by atoms with Crippen molar-refractivity contribution in [3.8, 4) is 11.5 Å². The molecule has 0 aromatic heterocycles. The normalized spacial score (nSPS) is 19.0. The van der Waals surface area contributed by atoms with Crippen molar-refractivity contribution in [2.24, 2.45) is 0 Å². The maximum Gasteiger partial charge on any atom is 0.525 e. The highest BCUT2D eigenvalue weighted by molar-refractivity contribution is 6.55. The van der Waals surface area contributed by atoms with Gasteiger partial charge < -0.3 is 23.5 Å². The molecule has 2 rings (SSSR count). The van der Waals surface area contributed by atoms with Crippen LogP contribution in [0.15, 0.2) is 23.9 Å². The second-order valence-electron chi connectivity index (χ2n) is 7.40. The lowest BCUT2D eigenvalue weighted by Crippen LogP contribution is -2.41. The minimum atomic E-state index is -1.08. The summed E-state index contributed by atoms with van der Waals surface area (Å²) in [5, 5.41) is 0. The topological polar surface area (TPSA) is 46.2 Å². The van der Waals surface area contributed by atoms with Gasteiger partial charge in [-0.25, -0.2) is 4.39 Å². The molecule has 0 spiro atoms. The van der Waals surface area contributed by atoms with E-state index in [2.05, 4.69) is 0 Å². The smallest absolute Gasteiger partial charge is 0.493 e. The van der Waals surface area contributed by atoms with Crippen molar-refractivity contribution < 1.29 is 27.9 Å². The van der Waals surface area contributed by atoms with Gasteiger partial charge in [0.05, 0.1) is 32.0 Å². The van der Waals surface area contributed by atoms with Crippen molar-refractivity contribution in [1.82, 2.24) is 0 Å². The predicted molar refractivity (Wildman–Crippen MR) is 105 cm³/mol. The zero-order valence-electron chi connectivity index (χ0n) is 17.3. The van der Waals surface area contributed by atoms with E-state index in [9.17, 15) is 0 Å². The maximum atomic E-state index is 15.6. The summed E-state index contributed by atoms with van der Waals surface area (Å²) in [5.74, 6) is 1.00. The van der Waals surface area contributed by atoms with Gasteiger partial charge in [-0.1, -0.05) is 12.1 Å². The minimum absolute atomic E-state index is 0.354. The Balaban J connectivity index is 2.50. The average Bonchev–Trinajstić information content (AvgIpc) is 2.85. The fourth-order valence-electron chi connectivity index (χ4n) is 2.91. The molecular weight excluding hydrogens is 350 g/mol. The van der Waals surface area contributed by atoms with Gasteiger partial charge in [-0.05, 0) is 52.7 Å². The second-order valence-corrected chi connectivity index (χ2v) is 7.40. The number of rotatable bonds is 8. The van der Waals surface area contributed by atoms with Crippen molar-refractivity contribution in [3.63, 3.8) is 0 Å². The molecule has 0 unspecified atom stereocenters. The highest BCUT2D eigenvalue weighted by atomic mass is 19.1. The zero-order chi connectivity index (χ0) is 20.2. The van der Waals surface area contributed by atoms with Gasteiger partial charge in [0.1, 0.15) is 5.73 Å². The summed E-state index contributed by atoms with van der Waals surface area (Å²) in [6.45, 7) is 10.4. The van der Waals surface area contributed by atoms with Gasteiger partial charge >= 0.3 is 7.12 Å². The van der Waals surface area contributed by atoms with E-state index in [1.54, 1.807) is 25.3 Å². The van der Waals surface area contributed by atoms with Crippen molar-refractivity contribution in [1.29, 1.82) is 0 Å². The third kappa shape index (κ3) is 4.47. The molecule has 7 heteroatoms. The van der Waals surface area contributed by atoms with E-state index in [1.165, 1.54) is 7.11 Å². The van der Waals surface area contributed by atoms with Crippen LogP contribution < -0.4 is 9.47 Å². The lowest BCUT2D eigenvalue weighted by molar-refractivity contribution is 0.00578. The number of halogens is 1. The van der Waals surface area contributed by atoms with Crippen LogP contribution in [0, 0.1) is 0 Å². The maximum absolute atomic E-state index is 15.6. The Labute approximate surface area is 161 Å². The van der Waals surface area contributed by atoms with Gasteiger partial charge in [0.15, 0.2) is 11.5 Å². The van der Waals surface area contributed by atoms with Crippen LogP contribution in [0.1, 0.15) is 46.6 Å². The van der Waals surface area contributed by atoms with Crippen LogP contribution in [0.4, 0.5) is 4.39 Å². The first-order chi connectivity index (χ1) is 12.7. The van der Waals surface area contributed by atoms with Gasteiger partial charge in [-0.3, -0.25) is 0 Å². The summed E-state index contributed by atoms with van der Waals surface area (Å²) < 4.78 is 43.7. The van der Waals surface area contributed by atoms with Crippen molar-refractivity contribution >= 4 is 12.7 Å². The first-order valence-corrected chi connectivity index (χ1v) is 9.21. The largest absolute Gasteiger partial charge is 0.525 e. The molecule has 0 radical (unpaired) electrons.